The van der Waals surface area contributed by atoms with Gasteiger partial charge < -0.3 is 14.2 Å². The van der Waals surface area contributed by atoms with Gasteiger partial charge in [-0.1, -0.05) is 19.1 Å². The van der Waals surface area contributed by atoms with Crippen molar-refractivity contribution in [3.8, 4) is 17.2 Å². The molecule has 0 radical (unpaired) electrons. The molecule has 122 valence electrons. The van der Waals surface area contributed by atoms with Crippen LogP contribution < -0.4 is 14.2 Å². The van der Waals surface area contributed by atoms with Gasteiger partial charge in [-0.05, 0) is 42.3 Å². The summed E-state index contributed by atoms with van der Waals surface area (Å²) in [6.07, 6.45) is 0.722. The molecule has 1 atom stereocenters. The lowest BCUT2D eigenvalue weighted by Crippen LogP contribution is -2.12. The van der Waals surface area contributed by atoms with Gasteiger partial charge in [0.1, 0.15) is 5.75 Å². The standard InChI is InChI=1S/C19H22O4/c1-5-16(13-6-9-15(21-2)10-7-13)19(20)14-8-11-17(22-3)18(12-14)23-4/h6-12,16H,5H2,1-4H3/t16-/m0/s1. The Morgan fingerprint density at radius 2 is 1.57 bits per heavy atom. The molecule has 0 spiro atoms. The van der Waals surface area contributed by atoms with Crippen LogP contribution in [0.2, 0.25) is 0 Å². The Morgan fingerprint density at radius 1 is 0.913 bits per heavy atom. The van der Waals surface area contributed by atoms with Gasteiger partial charge in [0, 0.05) is 11.5 Å². The SMILES string of the molecule is CC[C@H](C(=O)c1ccc(OC)c(OC)c1)c1ccc(OC)cc1. The van der Waals surface area contributed by atoms with Gasteiger partial charge in [0.05, 0.1) is 21.3 Å². The van der Waals surface area contributed by atoms with Crippen LogP contribution in [0.4, 0.5) is 0 Å². The fraction of sp³-hybridized carbons (Fsp3) is 0.316. The number of benzene rings is 2. The molecular formula is C19H22O4. The van der Waals surface area contributed by atoms with Gasteiger partial charge in [0.2, 0.25) is 0 Å². The summed E-state index contributed by atoms with van der Waals surface area (Å²) < 4.78 is 15.7. The predicted octanol–water partition coefficient (Wildman–Crippen LogP) is 4.09. The number of Topliss-reactive ketones (excluding diaryl/α,β-unsaturated/α-hetero) is 1. The Morgan fingerprint density at radius 3 is 2.09 bits per heavy atom. The van der Waals surface area contributed by atoms with E-state index in [1.54, 1.807) is 39.5 Å². The zero-order chi connectivity index (χ0) is 16.8. The highest BCUT2D eigenvalue weighted by atomic mass is 16.5. The zero-order valence-electron chi connectivity index (χ0n) is 14.0. The molecule has 0 saturated carbocycles. The van der Waals surface area contributed by atoms with E-state index in [2.05, 4.69) is 0 Å². The molecule has 4 nitrogen and oxygen atoms in total. The van der Waals surface area contributed by atoms with Crippen molar-refractivity contribution in [1.82, 2.24) is 0 Å². The van der Waals surface area contributed by atoms with Crippen LogP contribution in [0.15, 0.2) is 42.5 Å². The second-order valence-electron chi connectivity index (χ2n) is 5.17. The molecule has 0 heterocycles. The molecule has 0 aliphatic rings. The predicted molar refractivity (Wildman–Crippen MR) is 89.9 cm³/mol. The molecule has 0 saturated heterocycles. The Kier molecular flexibility index (Phi) is 5.63. The second kappa shape index (κ2) is 7.68. The number of ether oxygens (including phenoxy) is 3. The summed E-state index contributed by atoms with van der Waals surface area (Å²) in [5.74, 6) is 1.82. The van der Waals surface area contributed by atoms with Gasteiger partial charge >= 0.3 is 0 Å². The largest absolute Gasteiger partial charge is 0.497 e. The van der Waals surface area contributed by atoms with Crippen LogP contribution >= 0.6 is 0 Å². The molecule has 0 aliphatic heterocycles. The molecular weight excluding hydrogens is 292 g/mol. The first-order chi connectivity index (χ1) is 11.1. The summed E-state index contributed by atoms with van der Waals surface area (Å²) in [4.78, 5) is 12.9. The summed E-state index contributed by atoms with van der Waals surface area (Å²) in [5.41, 5.74) is 1.60. The van der Waals surface area contributed by atoms with E-state index >= 15 is 0 Å². The maximum atomic E-state index is 12.9. The highest BCUT2D eigenvalue weighted by Crippen LogP contribution is 2.31. The maximum absolute atomic E-state index is 12.9. The van der Waals surface area contributed by atoms with Gasteiger partial charge in [0.25, 0.3) is 0 Å². The first kappa shape index (κ1) is 16.9. The van der Waals surface area contributed by atoms with Crippen molar-refractivity contribution >= 4 is 5.78 Å². The van der Waals surface area contributed by atoms with Crippen LogP contribution in [0, 0.1) is 0 Å². The molecule has 0 amide bonds. The Balaban J connectivity index is 2.32. The van der Waals surface area contributed by atoms with Crippen molar-refractivity contribution < 1.29 is 19.0 Å². The number of carbonyl (C=O) groups excluding carboxylic acids is 1. The van der Waals surface area contributed by atoms with E-state index in [0.29, 0.717) is 17.1 Å². The number of carbonyl (C=O) groups is 1. The quantitative estimate of drug-likeness (QED) is 0.722. The number of rotatable bonds is 7. The van der Waals surface area contributed by atoms with Crippen molar-refractivity contribution in [2.45, 2.75) is 19.3 Å². The van der Waals surface area contributed by atoms with Gasteiger partial charge in [0.15, 0.2) is 17.3 Å². The second-order valence-corrected chi connectivity index (χ2v) is 5.17. The van der Waals surface area contributed by atoms with E-state index in [4.69, 9.17) is 14.2 Å². The summed E-state index contributed by atoms with van der Waals surface area (Å²) in [6.45, 7) is 2.01. The Labute approximate surface area is 137 Å². The van der Waals surface area contributed by atoms with Crippen molar-refractivity contribution in [2.75, 3.05) is 21.3 Å². The average molecular weight is 314 g/mol. The molecule has 4 heteroatoms. The average Bonchev–Trinajstić information content (AvgIpc) is 2.62. The topological polar surface area (TPSA) is 44.8 Å². The lowest BCUT2D eigenvalue weighted by atomic mass is 9.88. The van der Waals surface area contributed by atoms with E-state index in [1.807, 2.05) is 31.2 Å². The molecule has 0 fully saturated rings. The minimum atomic E-state index is -0.195. The van der Waals surface area contributed by atoms with Gasteiger partial charge in [-0.2, -0.15) is 0 Å². The third-order valence-corrected chi connectivity index (χ3v) is 3.91. The summed E-state index contributed by atoms with van der Waals surface area (Å²) in [6, 6.07) is 12.9. The number of methoxy groups -OCH3 is 3. The molecule has 2 aromatic carbocycles. The van der Waals surface area contributed by atoms with Crippen molar-refractivity contribution in [1.29, 1.82) is 0 Å². The highest BCUT2D eigenvalue weighted by molar-refractivity contribution is 6.01. The smallest absolute Gasteiger partial charge is 0.170 e. The van der Waals surface area contributed by atoms with Crippen molar-refractivity contribution in [3.63, 3.8) is 0 Å². The normalized spacial score (nSPS) is 11.7. The number of hydrogen-bond acceptors (Lipinski definition) is 4. The number of ketones is 1. The lowest BCUT2D eigenvalue weighted by Gasteiger charge is -2.16. The fourth-order valence-corrected chi connectivity index (χ4v) is 2.60. The third kappa shape index (κ3) is 3.65. The van der Waals surface area contributed by atoms with Crippen LogP contribution in [0.25, 0.3) is 0 Å². The van der Waals surface area contributed by atoms with Crippen molar-refractivity contribution in [2.24, 2.45) is 0 Å². The van der Waals surface area contributed by atoms with Crippen LogP contribution in [-0.4, -0.2) is 27.1 Å². The lowest BCUT2D eigenvalue weighted by molar-refractivity contribution is 0.0957. The Hall–Kier alpha value is -2.49. The zero-order valence-corrected chi connectivity index (χ0v) is 14.0. The molecule has 0 bridgehead atoms. The molecule has 2 aromatic rings. The molecule has 2 rings (SSSR count). The van der Waals surface area contributed by atoms with E-state index in [-0.39, 0.29) is 11.7 Å². The minimum absolute atomic E-state index is 0.0682. The van der Waals surface area contributed by atoms with Crippen LogP contribution in [0.3, 0.4) is 0 Å². The molecule has 23 heavy (non-hydrogen) atoms. The molecule has 0 aliphatic carbocycles. The molecule has 0 aromatic heterocycles. The van der Waals surface area contributed by atoms with Crippen LogP contribution in [0.1, 0.15) is 35.2 Å². The van der Waals surface area contributed by atoms with Crippen molar-refractivity contribution in [3.05, 3.63) is 53.6 Å². The Bertz CT molecular complexity index is 662. The molecule has 0 N–H and O–H groups in total. The summed E-state index contributed by atoms with van der Waals surface area (Å²) >= 11 is 0. The third-order valence-electron chi connectivity index (χ3n) is 3.91. The first-order valence-electron chi connectivity index (χ1n) is 7.54. The van der Waals surface area contributed by atoms with Gasteiger partial charge in [-0.3, -0.25) is 4.79 Å². The highest BCUT2D eigenvalue weighted by Gasteiger charge is 2.21. The summed E-state index contributed by atoms with van der Waals surface area (Å²) in [5, 5.41) is 0. The fourth-order valence-electron chi connectivity index (χ4n) is 2.60. The van der Waals surface area contributed by atoms with Gasteiger partial charge in [-0.25, -0.2) is 0 Å². The van der Waals surface area contributed by atoms with E-state index in [9.17, 15) is 4.79 Å². The molecule has 0 unspecified atom stereocenters. The van der Waals surface area contributed by atoms with E-state index < -0.39 is 0 Å². The van der Waals surface area contributed by atoms with Crippen LogP contribution in [0.5, 0.6) is 17.2 Å². The minimum Gasteiger partial charge on any atom is -0.497 e. The maximum Gasteiger partial charge on any atom is 0.170 e. The van der Waals surface area contributed by atoms with Crippen LogP contribution in [-0.2, 0) is 0 Å². The van der Waals surface area contributed by atoms with E-state index in [0.717, 1.165) is 17.7 Å². The number of hydrogen-bond donors (Lipinski definition) is 0. The monoisotopic (exact) mass is 314 g/mol. The van der Waals surface area contributed by atoms with E-state index in [1.165, 1.54) is 0 Å². The summed E-state index contributed by atoms with van der Waals surface area (Å²) in [7, 11) is 4.76. The van der Waals surface area contributed by atoms with Gasteiger partial charge in [-0.15, -0.1) is 0 Å². The first-order valence-corrected chi connectivity index (χ1v) is 7.54.